The molecule has 0 amide bonds. The molecule has 0 fully saturated rings. The minimum atomic E-state index is -0.384. The second-order valence-electron chi connectivity index (χ2n) is 4.39. The average molecular weight is 240 g/mol. The van der Waals surface area contributed by atoms with Gasteiger partial charge in [0, 0.05) is 6.54 Å². The minimum Gasteiger partial charge on any atom is -0.367 e. The SMILES string of the molecule is CCC(CC)(CN)CNc1ncnc(C)c1F. The number of rotatable bonds is 6. The summed E-state index contributed by atoms with van der Waals surface area (Å²) in [6.07, 6.45) is 3.28. The van der Waals surface area contributed by atoms with Gasteiger partial charge in [-0.15, -0.1) is 0 Å². The van der Waals surface area contributed by atoms with Gasteiger partial charge < -0.3 is 11.1 Å². The van der Waals surface area contributed by atoms with Crippen molar-refractivity contribution in [3.8, 4) is 0 Å². The van der Waals surface area contributed by atoms with Gasteiger partial charge in [0.1, 0.15) is 6.33 Å². The lowest BCUT2D eigenvalue weighted by molar-refractivity contribution is 0.294. The third-order valence-corrected chi connectivity index (χ3v) is 3.53. The zero-order valence-electron chi connectivity index (χ0n) is 10.8. The van der Waals surface area contributed by atoms with E-state index in [0.29, 0.717) is 18.8 Å². The number of hydrogen-bond acceptors (Lipinski definition) is 4. The monoisotopic (exact) mass is 240 g/mol. The Morgan fingerprint density at radius 2 is 2.00 bits per heavy atom. The molecule has 0 atom stereocenters. The first-order valence-corrected chi connectivity index (χ1v) is 5.99. The third-order valence-electron chi connectivity index (χ3n) is 3.53. The Morgan fingerprint density at radius 3 is 2.53 bits per heavy atom. The van der Waals surface area contributed by atoms with Crippen LogP contribution in [0.3, 0.4) is 0 Å². The lowest BCUT2D eigenvalue weighted by atomic mass is 9.82. The van der Waals surface area contributed by atoms with E-state index in [-0.39, 0.29) is 17.1 Å². The molecule has 0 radical (unpaired) electrons. The molecule has 1 heterocycles. The summed E-state index contributed by atoms with van der Waals surface area (Å²) < 4.78 is 13.7. The Bertz CT molecular complexity index is 355. The summed E-state index contributed by atoms with van der Waals surface area (Å²) in [6, 6.07) is 0. The zero-order valence-corrected chi connectivity index (χ0v) is 10.8. The molecular formula is C12H21FN4. The van der Waals surface area contributed by atoms with Gasteiger partial charge in [-0.05, 0) is 31.7 Å². The van der Waals surface area contributed by atoms with Crippen LogP contribution in [0.5, 0.6) is 0 Å². The van der Waals surface area contributed by atoms with Crippen molar-refractivity contribution in [3.05, 3.63) is 17.8 Å². The smallest absolute Gasteiger partial charge is 0.186 e. The average Bonchev–Trinajstić information content (AvgIpc) is 2.36. The number of halogens is 1. The number of hydrogen-bond donors (Lipinski definition) is 2. The first kappa shape index (κ1) is 13.8. The highest BCUT2D eigenvalue weighted by Gasteiger charge is 2.24. The van der Waals surface area contributed by atoms with Crippen molar-refractivity contribution >= 4 is 5.82 Å². The van der Waals surface area contributed by atoms with E-state index in [1.165, 1.54) is 6.33 Å². The van der Waals surface area contributed by atoms with Crippen LogP contribution >= 0.6 is 0 Å². The quantitative estimate of drug-likeness (QED) is 0.799. The number of nitrogens with one attached hydrogen (secondary N) is 1. The predicted molar refractivity (Wildman–Crippen MR) is 67.3 cm³/mol. The van der Waals surface area contributed by atoms with E-state index < -0.39 is 0 Å². The largest absolute Gasteiger partial charge is 0.367 e. The summed E-state index contributed by atoms with van der Waals surface area (Å²) >= 11 is 0. The summed E-state index contributed by atoms with van der Waals surface area (Å²) in [5, 5.41) is 3.04. The Balaban J connectivity index is 2.75. The van der Waals surface area contributed by atoms with Gasteiger partial charge in [0.25, 0.3) is 0 Å². The molecule has 1 aromatic heterocycles. The second kappa shape index (κ2) is 5.91. The topological polar surface area (TPSA) is 63.8 Å². The molecule has 0 aliphatic rings. The fourth-order valence-corrected chi connectivity index (χ4v) is 1.71. The molecule has 0 aliphatic carbocycles. The molecule has 17 heavy (non-hydrogen) atoms. The fraction of sp³-hybridized carbons (Fsp3) is 0.667. The van der Waals surface area contributed by atoms with Gasteiger partial charge in [0.05, 0.1) is 5.69 Å². The molecule has 0 saturated carbocycles. The third kappa shape index (κ3) is 3.12. The van der Waals surface area contributed by atoms with Crippen LogP contribution in [0.15, 0.2) is 6.33 Å². The molecule has 0 unspecified atom stereocenters. The summed E-state index contributed by atoms with van der Waals surface area (Å²) in [6.45, 7) is 7.03. The molecule has 3 N–H and O–H groups in total. The van der Waals surface area contributed by atoms with Crippen LogP contribution in [-0.4, -0.2) is 23.1 Å². The van der Waals surface area contributed by atoms with E-state index in [0.717, 1.165) is 12.8 Å². The molecule has 0 bridgehead atoms. The Morgan fingerprint density at radius 1 is 1.35 bits per heavy atom. The van der Waals surface area contributed by atoms with E-state index in [1.807, 2.05) is 0 Å². The predicted octanol–water partition coefficient (Wildman–Crippen LogP) is 2.10. The summed E-state index contributed by atoms with van der Waals surface area (Å²) in [7, 11) is 0. The van der Waals surface area contributed by atoms with Gasteiger partial charge in [-0.1, -0.05) is 13.8 Å². The maximum atomic E-state index is 13.7. The molecular weight excluding hydrogens is 219 g/mol. The van der Waals surface area contributed by atoms with Gasteiger partial charge in [-0.2, -0.15) is 0 Å². The first-order valence-electron chi connectivity index (χ1n) is 5.99. The molecule has 0 aliphatic heterocycles. The first-order chi connectivity index (χ1) is 8.08. The standard InChI is InChI=1S/C12H21FN4/c1-4-12(5-2,6-14)7-15-11-10(13)9(3)16-8-17-11/h8H,4-7,14H2,1-3H3,(H,15,16,17). The van der Waals surface area contributed by atoms with Crippen LogP contribution in [0.4, 0.5) is 10.2 Å². The van der Waals surface area contributed by atoms with Crippen LogP contribution in [-0.2, 0) is 0 Å². The van der Waals surface area contributed by atoms with Crippen molar-refractivity contribution in [2.75, 3.05) is 18.4 Å². The number of nitrogens with two attached hydrogens (primary N) is 1. The molecule has 1 rings (SSSR count). The van der Waals surface area contributed by atoms with E-state index in [2.05, 4.69) is 29.1 Å². The summed E-state index contributed by atoms with van der Waals surface area (Å²) in [4.78, 5) is 7.70. The maximum absolute atomic E-state index is 13.7. The van der Waals surface area contributed by atoms with Crippen LogP contribution < -0.4 is 11.1 Å². The number of aryl methyl sites for hydroxylation is 1. The maximum Gasteiger partial charge on any atom is 0.186 e. The number of nitrogens with zero attached hydrogens (tertiary/aromatic N) is 2. The lowest BCUT2D eigenvalue weighted by Crippen LogP contribution is -2.36. The van der Waals surface area contributed by atoms with E-state index in [4.69, 9.17) is 5.73 Å². The molecule has 5 heteroatoms. The molecule has 4 nitrogen and oxygen atoms in total. The van der Waals surface area contributed by atoms with Gasteiger partial charge in [0.2, 0.25) is 0 Å². The number of aromatic nitrogens is 2. The molecule has 0 spiro atoms. The van der Waals surface area contributed by atoms with Crippen molar-refractivity contribution in [2.24, 2.45) is 11.1 Å². The van der Waals surface area contributed by atoms with Crippen LogP contribution in [0.25, 0.3) is 0 Å². The molecule has 0 saturated heterocycles. The van der Waals surface area contributed by atoms with Crippen LogP contribution in [0.1, 0.15) is 32.4 Å². The Kier molecular flexibility index (Phi) is 4.81. The van der Waals surface area contributed by atoms with Crippen molar-refractivity contribution in [1.82, 2.24) is 9.97 Å². The molecule has 1 aromatic rings. The van der Waals surface area contributed by atoms with Gasteiger partial charge in [0.15, 0.2) is 11.6 Å². The van der Waals surface area contributed by atoms with Crippen molar-refractivity contribution in [1.29, 1.82) is 0 Å². The minimum absolute atomic E-state index is 0.00525. The number of anilines is 1. The highest BCUT2D eigenvalue weighted by Crippen LogP contribution is 2.25. The highest BCUT2D eigenvalue weighted by molar-refractivity contribution is 5.37. The Labute approximate surface area is 102 Å². The van der Waals surface area contributed by atoms with Crippen LogP contribution in [0.2, 0.25) is 0 Å². The highest BCUT2D eigenvalue weighted by atomic mass is 19.1. The normalized spacial score (nSPS) is 11.6. The zero-order chi connectivity index (χ0) is 12.9. The summed E-state index contributed by atoms with van der Waals surface area (Å²) in [5.41, 5.74) is 6.16. The van der Waals surface area contributed by atoms with Crippen molar-refractivity contribution in [2.45, 2.75) is 33.6 Å². The van der Waals surface area contributed by atoms with Gasteiger partial charge >= 0.3 is 0 Å². The fourth-order valence-electron chi connectivity index (χ4n) is 1.71. The molecule has 0 aromatic carbocycles. The van der Waals surface area contributed by atoms with Crippen molar-refractivity contribution < 1.29 is 4.39 Å². The van der Waals surface area contributed by atoms with E-state index >= 15 is 0 Å². The van der Waals surface area contributed by atoms with Crippen LogP contribution in [0, 0.1) is 18.2 Å². The van der Waals surface area contributed by atoms with Gasteiger partial charge in [-0.25, -0.2) is 14.4 Å². The van der Waals surface area contributed by atoms with E-state index in [1.54, 1.807) is 6.92 Å². The lowest BCUT2D eigenvalue weighted by Gasteiger charge is -2.30. The second-order valence-corrected chi connectivity index (χ2v) is 4.39. The Hall–Kier alpha value is -1.23. The molecule has 96 valence electrons. The van der Waals surface area contributed by atoms with E-state index in [9.17, 15) is 4.39 Å². The van der Waals surface area contributed by atoms with Crippen molar-refractivity contribution in [3.63, 3.8) is 0 Å². The summed E-state index contributed by atoms with van der Waals surface area (Å²) in [5.74, 6) is -0.122. The van der Waals surface area contributed by atoms with Gasteiger partial charge in [-0.3, -0.25) is 0 Å².